The van der Waals surface area contributed by atoms with Crippen LogP contribution < -0.4 is 19.8 Å². The number of thiophene rings is 1. The molecule has 0 saturated carbocycles. The first-order valence-electron chi connectivity index (χ1n) is 35.5. The van der Waals surface area contributed by atoms with Crippen molar-refractivity contribution in [3.05, 3.63) is 383 Å². The molecule has 0 bridgehead atoms. The van der Waals surface area contributed by atoms with Crippen molar-refractivity contribution < 1.29 is 140 Å². The van der Waals surface area contributed by atoms with Crippen LogP contribution in [0.1, 0.15) is 36.8 Å². The van der Waals surface area contributed by atoms with Crippen LogP contribution in [-0.4, -0.2) is 76.0 Å². The number of allylic oxidation sites excluding steroid dienone is 2. The van der Waals surface area contributed by atoms with E-state index in [1.165, 1.54) is 72.0 Å². The molecule has 0 aliphatic carbocycles. The maximum Gasteiger partial charge on any atom is 3.00 e. The molecule has 0 atom stereocenters. The number of pyridine rings is 6. The van der Waals surface area contributed by atoms with E-state index in [4.69, 9.17) is 17.1 Å². The first-order chi connectivity index (χ1) is 54.6. The van der Waals surface area contributed by atoms with E-state index in [2.05, 4.69) is 142 Å². The second kappa shape index (κ2) is 48.4. The number of carboxylic acids is 1. The summed E-state index contributed by atoms with van der Waals surface area (Å²) in [7, 11) is 3.99. The van der Waals surface area contributed by atoms with Gasteiger partial charge in [-0.25, -0.2) is 29.9 Å². The number of fused-ring (bicyclic) bond motifs is 3. The van der Waals surface area contributed by atoms with Gasteiger partial charge in [-0.05, 0) is 128 Å². The molecule has 0 saturated heterocycles. The van der Waals surface area contributed by atoms with Crippen LogP contribution in [0.25, 0.3) is 76.5 Å². The number of hydrogen-bond acceptors (Lipinski definition) is 15. The van der Waals surface area contributed by atoms with Gasteiger partial charge in [-0.1, -0.05) is 150 Å². The number of aromatic nitrogens is 8. The first-order valence-corrected chi connectivity index (χ1v) is 33.9. The number of ketones is 1. The van der Waals surface area contributed by atoms with Crippen molar-refractivity contribution in [1.29, 1.82) is 0 Å². The Balaban J connectivity index is 0.000000247. The standard InChI is InChI=1S/C22H16N.C14H12N2.C13H8NS.C10H5F2N2.C10H9FN2.C8H6N3.C6H5NO2.C5H8O2.5Ir/c1-16-14-22(23-15-21(16)18-8-3-2-4-9-18)20-13-7-11-17-10-5-6-12-19(17)20;1-15-11-16(12-7-3-2-4-8-12)14-10-6-5-9-13(14)15;1-2-7-12-10(5-1)9-13(15-12)11-6-3-4-8-14-11;11-9-5-4-7(10(12)14-9)8-3-1-2-6-13-8;1-12-6-7-13(8-12)10-4-2-9(11)3-5-10;1-2-5-9-7(3-1)8-4-6-10-11-8;8-6(9)5-3-1-2-4-7-5;1-4(6)3-5(2)7;;;;;/h2-12,14-15H,1H3;2-7,9-11H,1H3;1-8H;1-3,5-6H;2-4,6-8H,1H3;1-6H;1-4H,(H,8,9);3,6H,1-2H3;;;;;/q-1;-2;2*-1;-2;-1;;;;;;;+3/i2D,3D,4D,8D,9D;;;;;;;;;;;;. The Hall–Kier alpha value is -10.5. The fourth-order valence-corrected chi connectivity index (χ4v) is 11.1. The van der Waals surface area contributed by atoms with Gasteiger partial charge in [0.15, 0.2) is 5.78 Å². The van der Waals surface area contributed by atoms with Gasteiger partial charge in [-0.3, -0.25) is 19.2 Å². The number of carboxylic acid groups (broad SMARTS) is 1. The maximum absolute atomic E-state index is 13.1. The van der Waals surface area contributed by atoms with E-state index >= 15 is 0 Å². The SMILES string of the molecule is CC(=O)C=C(C)O.CN1C=CN(c2[c-]cc(F)cc2)[CH-]1.CN1[CH-]N(c2[c-]cccc2)c2ccccc21.Fc1c[c-]c(-c2ccccn2)c(F)n1.O=C(O)c1ccccn1.[2H]c1c([2H])c([2H])c(-c2cnc(-c3[c-]ccc4ccccc34)cc2C)c([2H])c1[2H].[Ir+3].[Ir].[Ir].[Ir].[Ir].[c-]1c(-c2ccccn2)sc2ccccc12.c1ccc(-c2ccn[n-]2)nc1. The quantitative estimate of drug-likeness (QED) is 0.0600. The molecule has 2 aliphatic rings. The van der Waals surface area contributed by atoms with Crippen LogP contribution in [0.15, 0.2) is 310 Å². The van der Waals surface area contributed by atoms with Crippen LogP contribution in [0.5, 0.6) is 0 Å². The number of carbonyl (C=O) groups is 2. The monoisotopic (exact) mass is 2420 g/mol. The second-order valence-corrected chi connectivity index (χ2v) is 24.0. The van der Waals surface area contributed by atoms with E-state index in [0.29, 0.717) is 11.3 Å². The number of aliphatic hydroxyl groups is 1. The molecule has 0 fully saturated rings. The number of aromatic carboxylic acids is 1. The third-order valence-electron chi connectivity index (χ3n) is 15.0. The number of para-hydroxylation sites is 3. The zero-order valence-electron chi connectivity index (χ0n) is 65.4. The molecule has 10 heterocycles. The minimum atomic E-state index is -0.990. The largest absolute Gasteiger partial charge is 3.00 e. The van der Waals surface area contributed by atoms with Gasteiger partial charge in [0.25, 0.3) is 0 Å². The predicted octanol–water partition coefficient (Wildman–Crippen LogP) is 19.7. The molecule has 4 radical (unpaired) electrons. The summed E-state index contributed by atoms with van der Waals surface area (Å²) in [6.07, 6.45) is 14.7. The Morgan fingerprint density at radius 2 is 1.24 bits per heavy atom. The number of rotatable bonds is 9. The number of carbonyl (C=O) groups excluding carboxylic acids is 1. The van der Waals surface area contributed by atoms with Crippen molar-refractivity contribution in [1.82, 2.24) is 45.0 Å². The van der Waals surface area contributed by atoms with Gasteiger partial charge in [-0.2, -0.15) is 49.7 Å². The smallest absolute Gasteiger partial charge is 0.574 e. The molecular weight excluding hydrogens is 2340 g/mol. The Labute approximate surface area is 733 Å². The van der Waals surface area contributed by atoms with Gasteiger partial charge >= 0.3 is 26.1 Å². The number of nitrogens with zero attached hydrogens (tertiary/aromatic N) is 12. The Morgan fingerprint density at radius 3 is 1.81 bits per heavy atom. The molecule has 8 aromatic heterocycles. The summed E-state index contributed by atoms with van der Waals surface area (Å²) in [6.45, 7) is 8.67. The van der Waals surface area contributed by atoms with Crippen molar-refractivity contribution >= 4 is 66.7 Å². The van der Waals surface area contributed by atoms with Crippen molar-refractivity contribution in [2.45, 2.75) is 20.8 Å². The van der Waals surface area contributed by atoms with E-state index in [9.17, 15) is 22.8 Å². The van der Waals surface area contributed by atoms with Crippen LogP contribution in [-0.2, 0) is 105 Å². The van der Waals surface area contributed by atoms with Crippen LogP contribution in [0.3, 0.4) is 0 Å². The van der Waals surface area contributed by atoms with E-state index in [0.717, 1.165) is 67.0 Å². The van der Waals surface area contributed by atoms with Crippen LogP contribution >= 0.6 is 11.3 Å². The van der Waals surface area contributed by atoms with Crippen LogP contribution in [0.2, 0.25) is 0 Å². The van der Waals surface area contributed by atoms with Crippen LogP contribution in [0.4, 0.5) is 35.9 Å². The summed E-state index contributed by atoms with van der Waals surface area (Å²) in [5, 5.41) is 27.6. The predicted molar refractivity (Wildman–Crippen MR) is 421 cm³/mol. The Kier molecular flexibility index (Phi) is 36.4. The number of aryl methyl sites for hydroxylation is 1. The second-order valence-electron chi connectivity index (χ2n) is 23.0. The zero-order chi connectivity index (χ0) is 80.3. The topological polar surface area (TPSA) is 192 Å². The fraction of sp³-hybridized carbons (Fsp3) is 0.0568. The summed E-state index contributed by atoms with van der Waals surface area (Å²) < 4.78 is 79.3. The summed E-state index contributed by atoms with van der Waals surface area (Å²) in [5.74, 6) is -3.10. The van der Waals surface area contributed by atoms with Gasteiger partial charge in [0.1, 0.15) is 17.6 Å². The molecule has 7 aromatic carbocycles. The molecule has 113 heavy (non-hydrogen) atoms. The molecule has 2 aliphatic heterocycles. The number of benzene rings is 7. The number of aliphatic hydroxyl groups excluding tert-OH is 1. The third-order valence-corrected chi connectivity index (χ3v) is 16.1. The molecule has 25 heteroatoms. The third kappa shape index (κ3) is 28.3. The summed E-state index contributed by atoms with van der Waals surface area (Å²) >= 11 is 1.73. The van der Waals surface area contributed by atoms with Gasteiger partial charge in [0.2, 0.25) is 0 Å². The maximum atomic E-state index is 13.1. The average Bonchev–Trinajstić information content (AvgIpc) is 1.12. The van der Waals surface area contributed by atoms with E-state index < -0.39 is 23.9 Å². The molecule has 2 N–H and O–H groups in total. The zero-order valence-corrected chi connectivity index (χ0v) is 73.2. The number of halogens is 3. The van der Waals surface area contributed by atoms with E-state index in [1.54, 1.807) is 66.3 Å². The average molecular weight is 2410 g/mol. The summed E-state index contributed by atoms with van der Waals surface area (Å²) in [5.41, 5.74) is 10.6. The molecule has 16 nitrogen and oxygen atoms in total. The Bertz CT molecular complexity index is 5660. The first kappa shape index (κ1) is 85.0. The normalized spacial score (nSPS) is 11.6. The fourth-order valence-electron chi connectivity index (χ4n) is 10.1. The van der Waals surface area contributed by atoms with Crippen LogP contribution in [0, 0.1) is 68.3 Å². The molecule has 582 valence electrons. The summed E-state index contributed by atoms with van der Waals surface area (Å²) in [6, 6.07) is 80.6. The van der Waals surface area contributed by atoms with Crippen molar-refractivity contribution in [2.75, 3.05) is 28.8 Å². The van der Waals surface area contributed by atoms with Gasteiger partial charge < -0.3 is 55.0 Å². The molecule has 0 spiro atoms. The molecule has 0 amide bonds. The van der Waals surface area contributed by atoms with Crippen molar-refractivity contribution in [3.63, 3.8) is 0 Å². The van der Waals surface area contributed by atoms with Crippen molar-refractivity contribution in [3.8, 4) is 55.6 Å². The molecule has 0 unspecified atom stereocenters. The molecule has 17 rings (SSSR count). The van der Waals surface area contributed by atoms with Gasteiger partial charge in [0.05, 0.1) is 12.6 Å². The minimum absolute atomic E-state index is 0. The van der Waals surface area contributed by atoms with E-state index in [-0.39, 0.29) is 159 Å². The minimum Gasteiger partial charge on any atom is -0.574 e. The Morgan fingerprint density at radius 1 is 0.593 bits per heavy atom. The van der Waals surface area contributed by atoms with Gasteiger partial charge in [-0.15, -0.1) is 88.4 Å². The number of anilines is 4. The molecule has 15 aromatic rings. The molecular formula is C88H69F3Ir5N12O4S-5. The summed E-state index contributed by atoms with van der Waals surface area (Å²) in [4.78, 5) is 52.8. The van der Waals surface area contributed by atoms with Gasteiger partial charge in [0, 0.05) is 158 Å². The number of hydrogen-bond donors (Lipinski definition) is 2. The van der Waals surface area contributed by atoms with E-state index in [1.807, 2.05) is 158 Å². The van der Waals surface area contributed by atoms with Crippen molar-refractivity contribution in [2.24, 2.45) is 0 Å².